The first-order valence-electron chi connectivity index (χ1n) is 4.98. The van der Waals surface area contributed by atoms with Crippen LogP contribution >= 0.6 is 0 Å². The summed E-state index contributed by atoms with van der Waals surface area (Å²) in [6, 6.07) is 17.5. The van der Waals surface area contributed by atoms with Crippen molar-refractivity contribution in [1.29, 1.82) is 0 Å². The van der Waals surface area contributed by atoms with Crippen molar-refractivity contribution in [3.8, 4) is 0 Å². The van der Waals surface area contributed by atoms with Crippen LogP contribution in [0.5, 0.6) is 0 Å². The van der Waals surface area contributed by atoms with Gasteiger partial charge in [-0.05, 0) is 17.2 Å². The van der Waals surface area contributed by atoms with Crippen molar-refractivity contribution in [2.24, 2.45) is 0 Å². The Bertz CT molecular complexity index is 479. The molecule has 0 unspecified atom stereocenters. The standard InChI is InChI=1S/C14H10N/c1-3-7-13-11(5-1)9-10-12-6-2-4-8-14(12)15-13/h1-7,9-10,15H. The fourth-order valence-corrected chi connectivity index (χ4v) is 1.77. The van der Waals surface area contributed by atoms with E-state index in [1.54, 1.807) is 0 Å². The minimum atomic E-state index is 1.04. The minimum Gasteiger partial charge on any atom is -0.354 e. The molecule has 0 amide bonds. The van der Waals surface area contributed by atoms with Gasteiger partial charge in [0.05, 0.1) is 5.69 Å². The third-order valence-electron chi connectivity index (χ3n) is 2.55. The lowest BCUT2D eigenvalue weighted by atomic mass is 10.1. The van der Waals surface area contributed by atoms with Crippen LogP contribution in [0.1, 0.15) is 11.1 Å². The maximum atomic E-state index is 3.38. The smallest absolute Gasteiger partial charge is 0.0538 e. The quantitative estimate of drug-likeness (QED) is 0.572. The van der Waals surface area contributed by atoms with Gasteiger partial charge in [-0.2, -0.15) is 0 Å². The average Bonchev–Trinajstić information content (AvgIpc) is 2.48. The first-order valence-corrected chi connectivity index (χ1v) is 4.98. The van der Waals surface area contributed by atoms with Gasteiger partial charge >= 0.3 is 0 Å². The molecule has 1 nitrogen and oxygen atoms in total. The monoisotopic (exact) mass is 192 g/mol. The molecule has 71 valence electrons. The van der Waals surface area contributed by atoms with Crippen LogP contribution in [-0.2, 0) is 0 Å². The van der Waals surface area contributed by atoms with Gasteiger partial charge in [0, 0.05) is 11.8 Å². The van der Waals surface area contributed by atoms with E-state index >= 15 is 0 Å². The highest BCUT2D eigenvalue weighted by Crippen LogP contribution is 2.29. The Balaban J connectivity index is 2.19. The molecule has 0 saturated heterocycles. The molecule has 0 saturated carbocycles. The van der Waals surface area contributed by atoms with E-state index in [0.717, 1.165) is 11.4 Å². The highest BCUT2D eigenvalue weighted by atomic mass is 14.9. The summed E-state index contributed by atoms with van der Waals surface area (Å²) in [5.74, 6) is 0. The average molecular weight is 192 g/mol. The zero-order valence-electron chi connectivity index (χ0n) is 8.20. The number of anilines is 2. The Kier molecular flexibility index (Phi) is 1.82. The van der Waals surface area contributed by atoms with Gasteiger partial charge in [-0.25, -0.2) is 0 Å². The molecule has 0 atom stereocenters. The van der Waals surface area contributed by atoms with Gasteiger partial charge in [-0.3, -0.25) is 0 Å². The maximum absolute atomic E-state index is 3.38. The molecule has 1 aliphatic rings. The van der Waals surface area contributed by atoms with E-state index in [4.69, 9.17) is 0 Å². The molecule has 1 radical (unpaired) electrons. The van der Waals surface area contributed by atoms with E-state index in [1.807, 2.05) is 24.3 Å². The van der Waals surface area contributed by atoms with Crippen molar-refractivity contribution in [3.63, 3.8) is 0 Å². The van der Waals surface area contributed by atoms with Gasteiger partial charge in [0.1, 0.15) is 0 Å². The SMILES string of the molecule is [c]1cccc2c1Nc1ccccc1C=C2. The molecule has 2 aromatic rings. The number of hydrogen-bond acceptors (Lipinski definition) is 1. The number of hydrogen-bond donors (Lipinski definition) is 1. The largest absolute Gasteiger partial charge is 0.354 e. The Morgan fingerprint density at radius 1 is 0.867 bits per heavy atom. The first kappa shape index (κ1) is 8.30. The molecule has 15 heavy (non-hydrogen) atoms. The van der Waals surface area contributed by atoms with Gasteiger partial charge < -0.3 is 5.32 Å². The fourth-order valence-electron chi connectivity index (χ4n) is 1.77. The van der Waals surface area contributed by atoms with E-state index in [2.05, 4.69) is 41.7 Å². The van der Waals surface area contributed by atoms with Gasteiger partial charge in [-0.15, -0.1) is 0 Å². The van der Waals surface area contributed by atoms with E-state index in [0.29, 0.717) is 0 Å². The van der Waals surface area contributed by atoms with Crippen LogP contribution in [0.3, 0.4) is 0 Å². The predicted octanol–water partition coefficient (Wildman–Crippen LogP) is 3.71. The molecule has 3 rings (SSSR count). The molecule has 1 N–H and O–H groups in total. The van der Waals surface area contributed by atoms with E-state index in [9.17, 15) is 0 Å². The van der Waals surface area contributed by atoms with Gasteiger partial charge in [0.15, 0.2) is 0 Å². The van der Waals surface area contributed by atoms with Crippen LogP contribution in [0.15, 0.2) is 42.5 Å². The lowest BCUT2D eigenvalue weighted by Gasteiger charge is -2.08. The fraction of sp³-hybridized carbons (Fsp3) is 0. The summed E-state index contributed by atoms with van der Waals surface area (Å²) in [6.07, 6.45) is 4.24. The van der Waals surface area contributed by atoms with E-state index < -0.39 is 0 Å². The van der Waals surface area contributed by atoms with Crippen LogP contribution in [0.4, 0.5) is 11.4 Å². The highest BCUT2D eigenvalue weighted by molar-refractivity contribution is 5.87. The van der Waals surface area contributed by atoms with Crippen LogP contribution in [0, 0.1) is 6.07 Å². The minimum absolute atomic E-state index is 1.04. The van der Waals surface area contributed by atoms with Crippen molar-refractivity contribution in [2.45, 2.75) is 0 Å². The van der Waals surface area contributed by atoms with Crippen LogP contribution in [0.2, 0.25) is 0 Å². The highest BCUT2D eigenvalue weighted by Gasteiger charge is 2.06. The number of nitrogens with one attached hydrogen (secondary N) is 1. The number of rotatable bonds is 0. The lowest BCUT2D eigenvalue weighted by Crippen LogP contribution is -1.92. The maximum Gasteiger partial charge on any atom is 0.0538 e. The van der Waals surface area contributed by atoms with Gasteiger partial charge in [0.2, 0.25) is 0 Å². The molecule has 1 aliphatic heterocycles. The zero-order chi connectivity index (χ0) is 10.1. The zero-order valence-corrected chi connectivity index (χ0v) is 8.20. The Morgan fingerprint density at radius 3 is 2.67 bits per heavy atom. The Labute approximate surface area is 89.1 Å². The third kappa shape index (κ3) is 1.42. The molecule has 0 aliphatic carbocycles. The number of benzene rings is 2. The Morgan fingerprint density at radius 2 is 1.67 bits per heavy atom. The second-order valence-corrected chi connectivity index (χ2v) is 3.55. The molecule has 0 fully saturated rings. The summed E-state index contributed by atoms with van der Waals surface area (Å²) in [4.78, 5) is 0. The van der Waals surface area contributed by atoms with E-state index in [1.165, 1.54) is 11.1 Å². The topological polar surface area (TPSA) is 12.0 Å². The second kappa shape index (κ2) is 3.28. The van der Waals surface area contributed by atoms with Crippen molar-refractivity contribution in [3.05, 3.63) is 59.7 Å². The predicted molar refractivity (Wildman–Crippen MR) is 63.9 cm³/mol. The van der Waals surface area contributed by atoms with Crippen molar-refractivity contribution in [1.82, 2.24) is 0 Å². The van der Waals surface area contributed by atoms with Crippen molar-refractivity contribution in [2.75, 3.05) is 5.32 Å². The van der Waals surface area contributed by atoms with Crippen molar-refractivity contribution >= 4 is 23.5 Å². The van der Waals surface area contributed by atoms with Crippen LogP contribution in [0.25, 0.3) is 12.2 Å². The molecule has 0 aromatic heterocycles. The summed E-state index contributed by atoms with van der Waals surface area (Å²) >= 11 is 0. The molecule has 1 heteroatoms. The summed E-state index contributed by atoms with van der Waals surface area (Å²) in [7, 11) is 0. The molecule has 2 aromatic carbocycles. The molecule has 1 heterocycles. The third-order valence-corrected chi connectivity index (χ3v) is 2.55. The molecular weight excluding hydrogens is 182 g/mol. The summed E-state index contributed by atoms with van der Waals surface area (Å²) < 4.78 is 0. The summed E-state index contributed by atoms with van der Waals surface area (Å²) in [5.41, 5.74) is 4.56. The Hall–Kier alpha value is -2.02. The summed E-state index contributed by atoms with van der Waals surface area (Å²) in [5, 5.41) is 3.38. The molecule has 0 spiro atoms. The summed E-state index contributed by atoms with van der Waals surface area (Å²) in [6.45, 7) is 0. The van der Waals surface area contributed by atoms with Crippen LogP contribution < -0.4 is 5.32 Å². The first-order chi connectivity index (χ1) is 7.43. The number of fused-ring (bicyclic) bond motifs is 2. The molecular formula is C14H10N. The van der Waals surface area contributed by atoms with Gasteiger partial charge in [0.25, 0.3) is 0 Å². The normalized spacial score (nSPS) is 12.3. The molecule has 0 bridgehead atoms. The van der Waals surface area contributed by atoms with E-state index in [-0.39, 0.29) is 0 Å². The van der Waals surface area contributed by atoms with Gasteiger partial charge in [-0.1, -0.05) is 48.6 Å². The van der Waals surface area contributed by atoms with Crippen LogP contribution in [-0.4, -0.2) is 0 Å². The lowest BCUT2D eigenvalue weighted by molar-refractivity contribution is 1.53. The van der Waals surface area contributed by atoms with Crippen molar-refractivity contribution < 1.29 is 0 Å². The number of para-hydroxylation sites is 2. The second-order valence-electron chi connectivity index (χ2n) is 3.55.